The number of pyridine rings is 2. The normalized spacial score (nSPS) is 10.4. The Balaban J connectivity index is 0.000000192. The Bertz CT molecular complexity index is 1590. The van der Waals surface area contributed by atoms with Crippen molar-refractivity contribution in [3.05, 3.63) is 169 Å². The fourth-order valence-corrected chi connectivity index (χ4v) is 3.61. The van der Waals surface area contributed by atoms with Crippen LogP contribution in [0.2, 0.25) is 0 Å². The molecule has 0 fully saturated rings. The molecule has 0 amide bonds. The van der Waals surface area contributed by atoms with Crippen molar-refractivity contribution in [2.24, 2.45) is 20.5 Å². The molecule has 0 saturated carbocycles. The Morgan fingerprint density at radius 3 is 1.14 bits per heavy atom. The summed E-state index contributed by atoms with van der Waals surface area (Å²) in [5, 5.41) is 25.9. The average molecular weight is 737 g/mol. The molecule has 9 heteroatoms. The van der Waals surface area contributed by atoms with E-state index in [1.807, 2.05) is 133 Å². The molecule has 0 unspecified atom stereocenters. The minimum atomic E-state index is 0. The summed E-state index contributed by atoms with van der Waals surface area (Å²) < 4.78 is 0. The molecule has 2 heterocycles. The smallest absolute Gasteiger partial charge is 0.656 e. The van der Waals surface area contributed by atoms with E-state index in [1.54, 1.807) is 24.5 Å². The zero-order chi connectivity index (χ0) is 28.7. The van der Waals surface area contributed by atoms with Crippen LogP contribution in [-0.2, 0) is 19.8 Å². The number of benzene rings is 4. The van der Waals surface area contributed by atoms with Crippen LogP contribution < -0.4 is 0 Å². The van der Waals surface area contributed by atoms with Crippen molar-refractivity contribution in [2.45, 2.75) is 0 Å². The van der Waals surface area contributed by atoms with Gasteiger partial charge in [-0.2, -0.15) is 10.2 Å². The first kappa shape index (κ1) is 30.6. The molecule has 43 heavy (non-hydrogen) atoms. The van der Waals surface area contributed by atoms with Crippen LogP contribution in [0.4, 0.5) is 45.8 Å². The van der Waals surface area contributed by atoms with Gasteiger partial charge in [0.25, 0.3) is 0 Å². The molecule has 2 aromatic heterocycles. The summed E-state index contributed by atoms with van der Waals surface area (Å²) in [6, 6.07) is 45.9. The standard InChI is InChI=1S/2C17H13N4.Os/c2*1-2-8-14(9-3-1)19-15-10-4-5-11-16(15)20-21-17-12-6-7-13-18-17;/h2*1-13H;/q2*-1;+2. The Morgan fingerprint density at radius 2 is 0.744 bits per heavy atom. The maximum Gasteiger partial charge on any atom is 2.00 e. The summed E-state index contributed by atoms with van der Waals surface area (Å²) in [6.45, 7) is 0. The molecular formula is C34H26N8Os. The van der Waals surface area contributed by atoms with Gasteiger partial charge in [-0.25, -0.2) is 9.97 Å². The van der Waals surface area contributed by atoms with Gasteiger partial charge < -0.3 is 10.6 Å². The average Bonchev–Trinajstić information content (AvgIpc) is 3.06. The van der Waals surface area contributed by atoms with Gasteiger partial charge in [0.15, 0.2) is 11.6 Å². The van der Waals surface area contributed by atoms with Crippen LogP contribution >= 0.6 is 0 Å². The molecule has 6 aromatic rings. The molecule has 0 atom stereocenters. The second-order valence-electron chi connectivity index (χ2n) is 8.65. The molecular weight excluding hydrogens is 711 g/mol. The van der Waals surface area contributed by atoms with E-state index in [2.05, 4.69) is 41.1 Å². The third-order valence-corrected chi connectivity index (χ3v) is 5.59. The van der Waals surface area contributed by atoms with Crippen LogP contribution in [0.1, 0.15) is 0 Å². The number of hydrogen-bond acceptors (Lipinski definition) is 6. The zero-order valence-electron chi connectivity index (χ0n) is 22.9. The van der Waals surface area contributed by atoms with Crippen LogP contribution in [0.25, 0.3) is 10.6 Å². The number of hydrogen-bond donors (Lipinski definition) is 0. The molecule has 0 aliphatic carbocycles. The molecule has 8 nitrogen and oxygen atoms in total. The SMILES string of the molecule is [Os+2].c1ccc([N-]c2ccccc2N=Nc2ccccn2)cc1.c1ccc([N-]c2ccccc2N=Nc2ccccn2)cc1. The van der Waals surface area contributed by atoms with Gasteiger partial charge in [-0.15, -0.1) is 33.0 Å². The third kappa shape index (κ3) is 9.89. The van der Waals surface area contributed by atoms with E-state index in [9.17, 15) is 0 Å². The maximum absolute atomic E-state index is 4.58. The molecule has 6 rings (SSSR count). The van der Waals surface area contributed by atoms with Crippen LogP contribution in [-0.4, -0.2) is 9.97 Å². The van der Waals surface area contributed by atoms with Gasteiger partial charge in [0, 0.05) is 12.4 Å². The summed E-state index contributed by atoms with van der Waals surface area (Å²) >= 11 is 0. The molecule has 0 aliphatic heterocycles. The Labute approximate surface area is 263 Å². The van der Waals surface area contributed by atoms with Crippen molar-refractivity contribution < 1.29 is 19.8 Å². The summed E-state index contributed by atoms with van der Waals surface area (Å²) in [6.07, 6.45) is 3.38. The number of nitrogens with zero attached hydrogens (tertiary/aromatic N) is 8. The van der Waals surface area contributed by atoms with Crippen molar-refractivity contribution in [3.63, 3.8) is 0 Å². The van der Waals surface area contributed by atoms with E-state index in [-0.39, 0.29) is 19.8 Å². The first-order valence-electron chi connectivity index (χ1n) is 13.2. The molecule has 0 spiro atoms. The molecule has 0 saturated heterocycles. The summed E-state index contributed by atoms with van der Waals surface area (Å²) in [4.78, 5) is 8.23. The predicted octanol–water partition coefficient (Wildman–Crippen LogP) is 11.7. The van der Waals surface area contributed by atoms with Crippen LogP contribution in [0.3, 0.4) is 0 Å². The second-order valence-corrected chi connectivity index (χ2v) is 8.65. The Morgan fingerprint density at radius 1 is 0.372 bits per heavy atom. The molecule has 0 aliphatic rings. The van der Waals surface area contributed by atoms with Gasteiger partial charge >= 0.3 is 19.8 Å². The minimum Gasteiger partial charge on any atom is -0.656 e. The van der Waals surface area contributed by atoms with Crippen molar-refractivity contribution >= 4 is 45.8 Å². The van der Waals surface area contributed by atoms with Crippen molar-refractivity contribution in [1.82, 2.24) is 9.97 Å². The van der Waals surface area contributed by atoms with Crippen LogP contribution in [0.5, 0.6) is 0 Å². The van der Waals surface area contributed by atoms with Gasteiger partial charge in [-0.3, -0.25) is 0 Å². The van der Waals surface area contributed by atoms with E-state index in [4.69, 9.17) is 0 Å². The minimum absolute atomic E-state index is 0. The van der Waals surface area contributed by atoms with E-state index in [1.165, 1.54) is 0 Å². The number of para-hydroxylation sites is 4. The molecule has 0 radical (unpaired) electrons. The van der Waals surface area contributed by atoms with E-state index in [0.717, 1.165) is 22.7 Å². The van der Waals surface area contributed by atoms with Crippen molar-refractivity contribution in [3.8, 4) is 0 Å². The topological polar surface area (TPSA) is 103 Å². The third-order valence-electron chi connectivity index (χ3n) is 5.59. The van der Waals surface area contributed by atoms with E-state index >= 15 is 0 Å². The fourth-order valence-electron chi connectivity index (χ4n) is 3.61. The Hall–Kier alpha value is -5.38. The van der Waals surface area contributed by atoms with Crippen molar-refractivity contribution in [1.29, 1.82) is 0 Å². The fraction of sp³-hybridized carbons (Fsp3) is 0. The summed E-state index contributed by atoms with van der Waals surface area (Å²) in [7, 11) is 0. The van der Waals surface area contributed by atoms with Crippen LogP contribution in [0.15, 0.2) is 178 Å². The quantitative estimate of drug-likeness (QED) is 0.145. The monoisotopic (exact) mass is 738 g/mol. The Kier molecular flexibility index (Phi) is 11.9. The number of aromatic nitrogens is 2. The second kappa shape index (κ2) is 16.8. The van der Waals surface area contributed by atoms with E-state index in [0.29, 0.717) is 23.0 Å². The molecule has 0 N–H and O–H groups in total. The van der Waals surface area contributed by atoms with Gasteiger partial charge in [-0.1, -0.05) is 109 Å². The number of azo groups is 2. The van der Waals surface area contributed by atoms with Gasteiger partial charge in [0.05, 0.1) is 11.4 Å². The molecule has 210 valence electrons. The van der Waals surface area contributed by atoms with Crippen LogP contribution in [0, 0.1) is 0 Å². The maximum atomic E-state index is 4.58. The number of rotatable bonds is 8. The van der Waals surface area contributed by atoms with Crippen molar-refractivity contribution in [2.75, 3.05) is 0 Å². The van der Waals surface area contributed by atoms with Gasteiger partial charge in [0.2, 0.25) is 0 Å². The predicted molar refractivity (Wildman–Crippen MR) is 168 cm³/mol. The summed E-state index contributed by atoms with van der Waals surface area (Å²) in [5.41, 5.74) is 4.77. The van der Waals surface area contributed by atoms with Gasteiger partial charge in [-0.05, 0) is 36.4 Å². The summed E-state index contributed by atoms with van der Waals surface area (Å²) in [5.74, 6) is 1.15. The van der Waals surface area contributed by atoms with Gasteiger partial charge in [0.1, 0.15) is 0 Å². The van der Waals surface area contributed by atoms with E-state index < -0.39 is 0 Å². The molecule has 0 bridgehead atoms. The first-order valence-corrected chi connectivity index (χ1v) is 13.2. The largest absolute Gasteiger partial charge is 2.00 e. The molecule has 4 aromatic carbocycles. The first-order chi connectivity index (χ1) is 20.8. The zero-order valence-corrected chi connectivity index (χ0v) is 25.5.